The maximum absolute atomic E-state index is 12.8. The number of aliphatic hydroxyl groups excluding tert-OH is 1. The van der Waals surface area contributed by atoms with Gasteiger partial charge in [-0.1, -0.05) is 12.0 Å². The Balaban J connectivity index is 2.12. The molecule has 11 heteroatoms. The van der Waals surface area contributed by atoms with Gasteiger partial charge in [0, 0.05) is 18.7 Å². The first-order chi connectivity index (χ1) is 14.0. The molecule has 30 heavy (non-hydrogen) atoms. The quantitative estimate of drug-likeness (QED) is 0.506. The molecule has 8 nitrogen and oxygen atoms in total. The van der Waals surface area contributed by atoms with Crippen LogP contribution in [0.25, 0.3) is 0 Å². The van der Waals surface area contributed by atoms with Crippen molar-refractivity contribution < 1.29 is 37.8 Å². The van der Waals surface area contributed by atoms with Crippen LogP contribution in [0, 0.1) is 11.8 Å². The van der Waals surface area contributed by atoms with Crippen molar-refractivity contribution in [2.45, 2.75) is 37.7 Å². The molecule has 3 atom stereocenters. The van der Waals surface area contributed by atoms with E-state index in [9.17, 15) is 32.7 Å². The van der Waals surface area contributed by atoms with Crippen molar-refractivity contribution in [2.24, 2.45) is 0 Å². The van der Waals surface area contributed by atoms with Crippen LogP contribution in [0.15, 0.2) is 24.3 Å². The van der Waals surface area contributed by atoms with Gasteiger partial charge in [-0.05, 0) is 31.5 Å². The zero-order valence-electron chi connectivity index (χ0n) is 15.9. The standard InChI is InChI=1S/C19H20F3N3O5/c1-2-4-15(26)14(10-23-18(29)30)25-8-7-13(17(25)28)24-16(27)11-5-3-6-12(9-11)19(20,21)22/h3,5-6,9,13-15,23,26H,7-8,10H2,1H3,(H,24,27)(H,29,30)/t13?,14?,15-/m0/s1. The van der Waals surface area contributed by atoms with Crippen LogP contribution in [0.2, 0.25) is 0 Å². The summed E-state index contributed by atoms with van der Waals surface area (Å²) in [6, 6.07) is 1.79. The second kappa shape index (κ2) is 9.49. The number of carbonyl (C=O) groups is 3. The highest BCUT2D eigenvalue weighted by Gasteiger charge is 2.39. The molecule has 1 aliphatic rings. The second-order valence-electron chi connectivity index (χ2n) is 6.52. The van der Waals surface area contributed by atoms with Gasteiger partial charge in [-0.2, -0.15) is 13.2 Å². The molecule has 1 fully saturated rings. The van der Waals surface area contributed by atoms with Crippen molar-refractivity contribution in [3.05, 3.63) is 35.4 Å². The Labute approximate surface area is 170 Å². The number of hydrogen-bond donors (Lipinski definition) is 4. The van der Waals surface area contributed by atoms with Gasteiger partial charge >= 0.3 is 12.3 Å². The topological polar surface area (TPSA) is 119 Å². The van der Waals surface area contributed by atoms with Crippen LogP contribution in [0.5, 0.6) is 0 Å². The monoisotopic (exact) mass is 427 g/mol. The van der Waals surface area contributed by atoms with Gasteiger partial charge in [0.25, 0.3) is 5.91 Å². The van der Waals surface area contributed by atoms with Crippen molar-refractivity contribution in [3.8, 4) is 11.8 Å². The van der Waals surface area contributed by atoms with E-state index in [0.717, 1.165) is 12.1 Å². The van der Waals surface area contributed by atoms with E-state index in [2.05, 4.69) is 22.5 Å². The maximum atomic E-state index is 12.8. The van der Waals surface area contributed by atoms with Crippen molar-refractivity contribution in [1.82, 2.24) is 15.5 Å². The predicted molar refractivity (Wildman–Crippen MR) is 98.3 cm³/mol. The van der Waals surface area contributed by atoms with Gasteiger partial charge in [0.2, 0.25) is 5.91 Å². The molecule has 1 aliphatic heterocycles. The van der Waals surface area contributed by atoms with Crippen LogP contribution in [0.1, 0.15) is 29.3 Å². The number of alkyl halides is 3. The molecule has 162 valence electrons. The summed E-state index contributed by atoms with van der Waals surface area (Å²) in [6.45, 7) is 1.28. The van der Waals surface area contributed by atoms with Gasteiger partial charge < -0.3 is 25.7 Å². The van der Waals surface area contributed by atoms with Crippen molar-refractivity contribution >= 4 is 17.9 Å². The molecule has 0 spiro atoms. The first-order valence-corrected chi connectivity index (χ1v) is 8.90. The summed E-state index contributed by atoms with van der Waals surface area (Å²) in [7, 11) is 0. The van der Waals surface area contributed by atoms with Crippen LogP contribution in [0.3, 0.4) is 0 Å². The minimum Gasteiger partial charge on any atom is -0.465 e. The van der Waals surface area contributed by atoms with E-state index < -0.39 is 47.8 Å². The number of halogens is 3. The van der Waals surface area contributed by atoms with E-state index >= 15 is 0 Å². The number of likely N-dealkylation sites (tertiary alicyclic amines) is 1. The average Bonchev–Trinajstić information content (AvgIpc) is 3.02. The Bertz CT molecular complexity index is 878. The number of nitrogens with zero attached hydrogens (tertiary/aromatic N) is 1. The second-order valence-corrected chi connectivity index (χ2v) is 6.52. The third-order valence-corrected chi connectivity index (χ3v) is 4.52. The first kappa shape index (κ1) is 23.0. The molecule has 4 N–H and O–H groups in total. The smallest absolute Gasteiger partial charge is 0.416 e. The van der Waals surface area contributed by atoms with Crippen LogP contribution >= 0.6 is 0 Å². The Kier molecular flexibility index (Phi) is 7.28. The fraction of sp³-hybridized carbons (Fsp3) is 0.421. The highest BCUT2D eigenvalue weighted by Crippen LogP contribution is 2.29. The lowest BCUT2D eigenvalue weighted by Crippen LogP contribution is -2.53. The molecule has 1 saturated heterocycles. The summed E-state index contributed by atoms with van der Waals surface area (Å²) in [5.41, 5.74) is -1.24. The van der Waals surface area contributed by atoms with E-state index in [-0.39, 0.29) is 25.1 Å². The largest absolute Gasteiger partial charge is 0.465 e. The molecule has 0 bridgehead atoms. The van der Waals surface area contributed by atoms with Crippen molar-refractivity contribution in [1.29, 1.82) is 0 Å². The molecule has 3 amide bonds. The van der Waals surface area contributed by atoms with E-state index in [4.69, 9.17) is 5.11 Å². The van der Waals surface area contributed by atoms with Gasteiger partial charge in [-0.3, -0.25) is 9.59 Å². The molecular formula is C19H20F3N3O5. The zero-order valence-corrected chi connectivity index (χ0v) is 15.9. The lowest BCUT2D eigenvalue weighted by atomic mass is 10.1. The number of amides is 3. The van der Waals surface area contributed by atoms with Crippen LogP contribution in [0.4, 0.5) is 18.0 Å². The molecule has 0 aliphatic carbocycles. The molecule has 0 aromatic heterocycles. The van der Waals surface area contributed by atoms with E-state index in [1.807, 2.05) is 0 Å². The highest BCUT2D eigenvalue weighted by molar-refractivity contribution is 5.98. The Hall–Kier alpha value is -3.26. The molecule has 1 aromatic carbocycles. The van der Waals surface area contributed by atoms with Gasteiger partial charge in [0.05, 0.1) is 11.6 Å². The van der Waals surface area contributed by atoms with Gasteiger partial charge in [0.1, 0.15) is 12.1 Å². The minimum absolute atomic E-state index is 0.0980. The molecular weight excluding hydrogens is 407 g/mol. The normalized spacial score (nSPS) is 18.2. The van der Waals surface area contributed by atoms with E-state index in [0.29, 0.717) is 6.07 Å². The summed E-state index contributed by atoms with van der Waals surface area (Å²) in [5, 5.41) is 23.4. The molecule has 0 radical (unpaired) electrons. The molecule has 0 saturated carbocycles. The highest BCUT2D eigenvalue weighted by atomic mass is 19.4. The summed E-state index contributed by atoms with van der Waals surface area (Å²) < 4.78 is 38.5. The summed E-state index contributed by atoms with van der Waals surface area (Å²) in [5.74, 6) is 3.49. The van der Waals surface area contributed by atoms with Gasteiger partial charge in [-0.25, -0.2) is 4.79 Å². The Morgan fingerprint density at radius 2 is 2.07 bits per heavy atom. The summed E-state index contributed by atoms with van der Waals surface area (Å²) in [4.78, 5) is 37.0. The number of benzene rings is 1. The van der Waals surface area contributed by atoms with Crippen molar-refractivity contribution in [3.63, 3.8) is 0 Å². The van der Waals surface area contributed by atoms with E-state index in [1.54, 1.807) is 0 Å². The number of rotatable bonds is 6. The average molecular weight is 427 g/mol. The molecule has 2 rings (SSSR count). The van der Waals surface area contributed by atoms with Crippen LogP contribution in [-0.2, 0) is 11.0 Å². The fourth-order valence-corrected chi connectivity index (χ4v) is 3.07. The fourth-order valence-electron chi connectivity index (χ4n) is 3.07. The number of hydrogen-bond acceptors (Lipinski definition) is 4. The third kappa shape index (κ3) is 5.64. The van der Waals surface area contributed by atoms with Gasteiger partial charge in [-0.15, -0.1) is 5.92 Å². The molecule has 2 unspecified atom stereocenters. The zero-order chi connectivity index (χ0) is 22.5. The number of carboxylic acid groups (broad SMARTS) is 1. The van der Waals surface area contributed by atoms with E-state index in [1.165, 1.54) is 17.9 Å². The molecule has 1 heterocycles. The first-order valence-electron chi connectivity index (χ1n) is 8.90. The maximum Gasteiger partial charge on any atom is 0.416 e. The number of carbonyl (C=O) groups excluding carboxylic acids is 2. The van der Waals surface area contributed by atoms with Crippen molar-refractivity contribution in [2.75, 3.05) is 13.1 Å². The van der Waals surface area contributed by atoms with Gasteiger partial charge in [0.15, 0.2) is 0 Å². The summed E-state index contributed by atoms with van der Waals surface area (Å²) in [6.07, 6.45) is -7.15. The summed E-state index contributed by atoms with van der Waals surface area (Å²) >= 11 is 0. The number of aliphatic hydroxyl groups is 1. The van der Waals surface area contributed by atoms with Crippen LogP contribution in [-0.4, -0.2) is 64.3 Å². The third-order valence-electron chi connectivity index (χ3n) is 4.52. The van der Waals surface area contributed by atoms with Crippen LogP contribution < -0.4 is 10.6 Å². The minimum atomic E-state index is -4.61. The lowest BCUT2D eigenvalue weighted by molar-refractivity contribution is -0.137. The number of nitrogens with one attached hydrogen (secondary N) is 2. The molecule has 1 aromatic rings. The predicted octanol–water partition coefficient (Wildman–Crippen LogP) is 1.06. The Morgan fingerprint density at radius 1 is 1.37 bits per heavy atom. The Morgan fingerprint density at radius 3 is 2.67 bits per heavy atom. The SMILES string of the molecule is CC#C[C@H](O)C(CNC(=O)O)N1CCC(NC(=O)c2cccc(C(F)(F)F)c2)C1=O. The lowest BCUT2D eigenvalue weighted by Gasteiger charge is -2.29.